The van der Waals surface area contributed by atoms with Crippen LogP contribution in [-0.4, -0.2) is 26.0 Å². The number of aryl methyl sites for hydroxylation is 2. The van der Waals surface area contributed by atoms with Gasteiger partial charge >= 0.3 is 0 Å². The summed E-state index contributed by atoms with van der Waals surface area (Å²) in [5, 5.41) is 17.8. The van der Waals surface area contributed by atoms with Gasteiger partial charge in [0, 0.05) is 19.1 Å². The van der Waals surface area contributed by atoms with E-state index >= 15 is 0 Å². The molecule has 0 aromatic carbocycles. The lowest BCUT2D eigenvalue weighted by Gasteiger charge is -2.38. The molecule has 0 radical (unpaired) electrons. The number of nitrogens with one attached hydrogen (secondary N) is 1. The number of aromatic nitrogens is 2. The maximum atomic E-state index is 10.1. The summed E-state index contributed by atoms with van der Waals surface area (Å²) in [5.74, 6) is 0. The molecule has 0 saturated carbocycles. The van der Waals surface area contributed by atoms with Gasteiger partial charge in [-0.05, 0) is 40.2 Å². The molecule has 0 atom stereocenters. The first-order valence-electron chi connectivity index (χ1n) is 6.16. The van der Waals surface area contributed by atoms with Crippen molar-refractivity contribution in [2.24, 2.45) is 7.05 Å². The number of nitrogens with zero attached hydrogens (tertiary/aromatic N) is 2. The van der Waals surface area contributed by atoms with Gasteiger partial charge in [0.25, 0.3) is 0 Å². The van der Waals surface area contributed by atoms with Crippen molar-refractivity contribution in [2.45, 2.75) is 58.7 Å². The zero-order valence-corrected chi connectivity index (χ0v) is 11.8. The van der Waals surface area contributed by atoms with Crippen molar-refractivity contribution in [1.29, 1.82) is 0 Å². The molecule has 0 unspecified atom stereocenters. The van der Waals surface area contributed by atoms with E-state index < -0.39 is 5.60 Å². The average Bonchev–Trinajstić information content (AvgIpc) is 2.55. The molecule has 0 spiro atoms. The molecule has 4 heteroatoms. The number of hydrogen-bond donors (Lipinski definition) is 2. The molecule has 98 valence electrons. The summed E-state index contributed by atoms with van der Waals surface area (Å²) in [6.45, 7) is 10.5. The molecule has 0 aliphatic heterocycles. The molecule has 4 nitrogen and oxygen atoms in total. The van der Waals surface area contributed by atoms with Crippen LogP contribution in [0.1, 0.15) is 46.0 Å². The molecule has 0 aliphatic carbocycles. The van der Waals surface area contributed by atoms with Crippen molar-refractivity contribution < 1.29 is 5.11 Å². The maximum Gasteiger partial charge on any atom is 0.0767 e. The van der Waals surface area contributed by atoms with Crippen LogP contribution >= 0.6 is 0 Å². The van der Waals surface area contributed by atoms with Crippen molar-refractivity contribution >= 4 is 0 Å². The Hall–Kier alpha value is -0.870. The van der Waals surface area contributed by atoms with Crippen LogP contribution in [0.4, 0.5) is 0 Å². The Morgan fingerprint density at radius 2 is 1.94 bits per heavy atom. The van der Waals surface area contributed by atoms with E-state index in [9.17, 15) is 5.11 Å². The van der Waals surface area contributed by atoms with Gasteiger partial charge in [0.15, 0.2) is 0 Å². The Morgan fingerprint density at radius 3 is 2.35 bits per heavy atom. The van der Waals surface area contributed by atoms with Crippen LogP contribution in [-0.2, 0) is 20.0 Å². The Bertz CT molecular complexity index is 375. The lowest BCUT2D eigenvalue weighted by molar-refractivity contribution is -0.00558. The third kappa shape index (κ3) is 3.30. The molecule has 0 bridgehead atoms. The molecule has 17 heavy (non-hydrogen) atoms. The lowest BCUT2D eigenvalue weighted by atomic mass is 9.86. The van der Waals surface area contributed by atoms with Crippen molar-refractivity contribution in [3.8, 4) is 0 Å². The lowest BCUT2D eigenvalue weighted by Crippen LogP contribution is -2.55. The van der Waals surface area contributed by atoms with Crippen LogP contribution in [0, 0.1) is 0 Å². The summed E-state index contributed by atoms with van der Waals surface area (Å²) in [6, 6.07) is 2.10. The summed E-state index contributed by atoms with van der Waals surface area (Å²) >= 11 is 0. The van der Waals surface area contributed by atoms with E-state index in [0.717, 1.165) is 17.8 Å². The predicted molar refractivity (Wildman–Crippen MR) is 69.8 cm³/mol. The van der Waals surface area contributed by atoms with Gasteiger partial charge in [0.1, 0.15) is 0 Å². The highest BCUT2D eigenvalue weighted by Crippen LogP contribution is 2.21. The van der Waals surface area contributed by atoms with Crippen LogP contribution in [0.3, 0.4) is 0 Å². The summed E-state index contributed by atoms with van der Waals surface area (Å²) in [7, 11) is 1.95. The fourth-order valence-corrected chi connectivity index (χ4v) is 1.44. The smallest absolute Gasteiger partial charge is 0.0767 e. The molecular weight excluding hydrogens is 214 g/mol. The molecule has 1 rings (SSSR count). The van der Waals surface area contributed by atoms with Crippen molar-refractivity contribution in [3.63, 3.8) is 0 Å². The first-order valence-corrected chi connectivity index (χ1v) is 6.16. The second-order valence-electron chi connectivity index (χ2n) is 5.64. The first kappa shape index (κ1) is 14.2. The van der Waals surface area contributed by atoms with Gasteiger partial charge in [-0.3, -0.25) is 4.68 Å². The van der Waals surface area contributed by atoms with Gasteiger partial charge in [-0.2, -0.15) is 5.10 Å². The van der Waals surface area contributed by atoms with Crippen molar-refractivity contribution in [2.75, 3.05) is 0 Å². The second kappa shape index (κ2) is 4.78. The average molecular weight is 239 g/mol. The van der Waals surface area contributed by atoms with Gasteiger partial charge in [0.2, 0.25) is 0 Å². The minimum absolute atomic E-state index is 0.344. The Morgan fingerprint density at radius 1 is 1.35 bits per heavy atom. The fourth-order valence-electron chi connectivity index (χ4n) is 1.44. The molecule has 0 fully saturated rings. The van der Waals surface area contributed by atoms with E-state index in [1.165, 1.54) is 0 Å². The predicted octanol–water partition coefficient (Wildman–Crippen LogP) is 1.62. The van der Waals surface area contributed by atoms with Gasteiger partial charge in [-0.25, -0.2) is 0 Å². The van der Waals surface area contributed by atoms with Crippen LogP contribution in [0.25, 0.3) is 0 Å². The molecule has 0 amide bonds. The van der Waals surface area contributed by atoms with Crippen molar-refractivity contribution in [3.05, 3.63) is 17.5 Å². The third-order valence-corrected chi connectivity index (χ3v) is 3.63. The van der Waals surface area contributed by atoms with Crippen molar-refractivity contribution in [1.82, 2.24) is 15.1 Å². The van der Waals surface area contributed by atoms with Crippen LogP contribution in [0.15, 0.2) is 6.07 Å². The van der Waals surface area contributed by atoms with Gasteiger partial charge in [0.05, 0.1) is 17.0 Å². The van der Waals surface area contributed by atoms with E-state index in [4.69, 9.17) is 0 Å². The summed E-state index contributed by atoms with van der Waals surface area (Å²) in [4.78, 5) is 0. The minimum atomic E-state index is -0.765. The molecule has 0 saturated heterocycles. The summed E-state index contributed by atoms with van der Waals surface area (Å²) in [6.07, 6.45) is 0.947. The quantitative estimate of drug-likeness (QED) is 0.821. The maximum absolute atomic E-state index is 10.1. The zero-order chi connectivity index (χ0) is 13.3. The first-order chi connectivity index (χ1) is 7.67. The fraction of sp³-hybridized carbons (Fsp3) is 0.769. The van der Waals surface area contributed by atoms with Gasteiger partial charge in [-0.15, -0.1) is 0 Å². The Kier molecular flexibility index (Phi) is 3.99. The largest absolute Gasteiger partial charge is 0.389 e. The molecular formula is C13H25N3O. The van der Waals surface area contributed by atoms with Crippen LogP contribution in [0.5, 0.6) is 0 Å². The number of aliphatic hydroxyl groups is 1. The summed E-state index contributed by atoms with van der Waals surface area (Å²) < 4.78 is 1.90. The standard InChI is InChI=1S/C13H25N3O/c1-7-10-8-11(16(6)15-10)9-14-12(2,3)13(4,5)17/h8,14,17H,7,9H2,1-6H3. The molecule has 0 aliphatic rings. The van der Waals surface area contributed by atoms with E-state index in [2.05, 4.69) is 23.4 Å². The molecule has 1 aromatic rings. The Labute approximate surface area is 104 Å². The van der Waals surface area contributed by atoms with Gasteiger partial charge < -0.3 is 10.4 Å². The Balaban J connectivity index is 2.70. The zero-order valence-electron chi connectivity index (χ0n) is 11.8. The highest BCUT2D eigenvalue weighted by atomic mass is 16.3. The number of rotatable bonds is 5. The number of hydrogen-bond acceptors (Lipinski definition) is 3. The van der Waals surface area contributed by atoms with Crippen LogP contribution < -0.4 is 5.32 Å². The van der Waals surface area contributed by atoms with Gasteiger partial charge in [-0.1, -0.05) is 6.92 Å². The third-order valence-electron chi connectivity index (χ3n) is 3.63. The highest BCUT2D eigenvalue weighted by Gasteiger charge is 2.34. The molecule has 1 heterocycles. The second-order valence-corrected chi connectivity index (χ2v) is 5.64. The minimum Gasteiger partial charge on any atom is -0.389 e. The molecule has 1 aromatic heterocycles. The monoisotopic (exact) mass is 239 g/mol. The topological polar surface area (TPSA) is 50.1 Å². The molecule has 2 N–H and O–H groups in total. The van der Waals surface area contributed by atoms with E-state index in [0.29, 0.717) is 6.54 Å². The SMILES string of the molecule is CCc1cc(CNC(C)(C)C(C)(C)O)n(C)n1. The van der Waals surface area contributed by atoms with E-state index in [1.807, 2.05) is 39.4 Å². The normalized spacial score (nSPS) is 13.1. The highest BCUT2D eigenvalue weighted by molar-refractivity contribution is 5.10. The van der Waals surface area contributed by atoms with Crippen LogP contribution in [0.2, 0.25) is 0 Å². The summed E-state index contributed by atoms with van der Waals surface area (Å²) in [5.41, 5.74) is 1.13. The van der Waals surface area contributed by atoms with E-state index in [1.54, 1.807) is 0 Å². The van der Waals surface area contributed by atoms with E-state index in [-0.39, 0.29) is 5.54 Å².